The molecule has 2 aromatic carbocycles. The van der Waals surface area contributed by atoms with Crippen molar-refractivity contribution in [3.05, 3.63) is 70.0 Å². The van der Waals surface area contributed by atoms with Crippen molar-refractivity contribution < 1.29 is 9.59 Å². The van der Waals surface area contributed by atoms with Crippen molar-refractivity contribution in [2.24, 2.45) is 5.73 Å². The van der Waals surface area contributed by atoms with Gasteiger partial charge in [0.1, 0.15) is 0 Å². The number of benzene rings is 2. The summed E-state index contributed by atoms with van der Waals surface area (Å²) < 4.78 is 1.60. The first-order valence-corrected chi connectivity index (χ1v) is 7.72. The SMILES string of the molecule is CCn1nc(C(=O)Nc2cccc(C(N)=O)c2)c(=O)c2ccccc21. The fourth-order valence-corrected chi connectivity index (χ4v) is 2.57. The number of rotatable bonds is 4. The van der Waals surface area contributed by atoms with E-state index in [2.05, 4.69) is 10.4 Å². The second-order valence-electron chi connectivity index (χ2n) is 5.41. The molecule has 0 bridgehead atoms. The van der Waals surface area contributed by atoms with Crippen molar-refractivity contribution in [2.45, 2.75) is 13.5 Å². The van der Waals surface area contributed by atoms with E-state index in [1.54, 1.807) is 35.0 Å². The highest BCUT2D eigenvalue weighted by Crippen LogP contribution is 2.13. The van der Waals surface area contributed by atoms with E-state index in [9.17, 15) is 14.4 Å². The predicted molar refractivity (Wildman–Crippen MR) is 94.6 cm³/mol. The van der Waals surface area contributed by atoms with E-state index in [1.807, 2.05) is 13.0 Å². The molecule has 0 aliphatic heterocycles. The zero-order chi connectivity index (χ0) is 18.0. The van der Waals surface area contributed by atoms with Crippen molar-refractivity contribution in [1.29, 1.82) is 0 Å². The lowest BCUT2D eigenvalue weighted by atomic mass is 10.1. The molecule has 1 aromatic heterocycles. The summed E-state index contributed by atoms with van der Waals surface area (Å²) in [6.45, 7) is 2.39. The zero-order valence-corrected chi connectivity index (χ0v) is 13.5. The number of fused-ring (bicyclic) bond motifs is 1. The smallest absolute Gasteiger partial charge is 0.280 e. The highest BCUT2D eigenvalue weighted by molar-refractivity contribution is 6.05. The molecule has 0 fully saturated rings. The fraction of sp³-hybridized carbons (Fsp3) is 0.111. The summed E-state index contributed by atoms with van der Waals surface area (Å²) in [5.74, 6) is -1.24. The first-order valence-electron chi connectivity index (χ1n) is 7.72. The Labute approximate surface area is 143 Å². The average Bonchev–Trinajstić information content (AvgIpc) is 2.62. The number of nitrogens with one attached hydrogen (secondary N) is 1. The Bertz CT molecular complexity index is 1040. The van der Waals surface area contributed by atoms with Crippen LogP contribution < -0.4 is 16.5 Å². The van der Waals surface area contributed by atoms with Gasteiger partial charge in [-0.2, -0.15) is 5.10 Å². The van der Waals surface area contributed by atoms with Gasteiger partial charge < -0.3 is 11.1 Å². The molecule has 2 amide bonds. The summed E-state index contributed by atoms with van der Waals surface area (Å²) in [5, 5.41) is 7.19. The Morgan fingerprint density at radius 2 is 1.92 bits per heavy atom. The Hall–Kier alpha value is -3.48. The van der Waals surface area contributed by atoms with Gasteiger partial charge in [0, 0.05) is 23.2 Å². The first-order chi connectivity index (χ1) is 12.0. The number of aryl methyl sites for hydroxylation is 1. The predicted octanol–water partition coefficient (Wildman–Crippen LogP) is 1.77. The summed E-state index contributed by atoms with van der Waals surface area (Å²) >= 11 is 0. The molecule has 3 rings (SSSR count). The van der Waals surface area contributed by atoms with Crippen molar-refractivity contribution in [3.8, 4) is 0 Å². The largest absolute Gasteiger partial charge is 0.366 e. The maximum Gasteiger partial charge on any atom is 0.280 e. The maximum absolute atomic E-state index is 12.6. The quantitative estimate of drug-likeness (QED) is 0.757. The number of nitrogens with zero attached hydrogens (tertiary/aromatic N) is 2. The number of carbonyl (C=O) groups excluding carboxylic acids is 2. The molecule has 0 radical (unpaired) electrons. The van der Waals surface area contributed by atoms with E-state index >= 15 is 0 Å². The number of primary amides is 1. The van der Waals surface area contributed by atoms with Crippen LogP contribution in [0.3, 0.4) is 0 Å². The van der Waals surface area contributed by atoms with Crippen molar-refractivity contribution in [2.75, 3.05) is 5.32 Å². The number of aromatic nitrogens is 2. The minimum atomic E-state index is -0.639. The lowest BCUT2D eigenvalue weighted by Gasteiger charge is -2.10. The van der Waals surface area contributed by atoms with Gasteiger partial charge in [0.2, 0.25) is 11.3 Å². The zero-order valence-electron chi connectivity index (χ0n) is 13.5. The molecule has 0 unspecified atom stereocenters. The summed E-state index contributed by atoms with van der Waals surface area (Å²) in [4.78, 5) is 36.4. The van der Waals surface area contributed by atoms with Crippen molar-refractivity contribution in [1.82, 2.24) is 9.78 Å². The van der Waals surface area contributed by atoms with Crippen LogP contribution in [0.4, 0.5) is 5.69 Å². The van der Waals surface area contributed by atoms with E-state index in [4.69, 9.17) is 5.73 Å². The van der Waals surface area contributed by atoms with Gasteiger partial charge in [0.15, 0.2) is 5.69 Å². The Morgan fingerprint density at radius 3 is 2.64 bits per heavy atom. The van der Waals surface area contributed by atoms with E-state index in [0.29, 0.717) is 23.1 Å². The number of anilines is 1. The number of nitrogens with two attached hydrogens (primary N) is 1. The normalized spacial score (nSPS) is 10.6. The molecule has 126 valence electrons. The Balaban J connectivity index is 2.03. The molecule has 0 atom stereocenters. The molecular weight excluding hydrogens is 320 g/mol. The Kier molecular flexibility index (Phi) is 4.30. The standard InChI is InChI=1S/C18H16N4O3/c1-2-22-14-9-4-3-8-13(14)16(23)15(21-22)18(25)20-12-7-5-6-11(10-12)17(19)24/h3-10H,2H2,1H3,(H2,19,24)(H,20,25). The summed E-state index contributed by atoms with van der Waals surface area (Å²) in [6, 6.07) is 13.2. The third kappa shape index (κ3) is 3.12. The molecule has 25 heavy (non-hydrogen) atoms. The summed E-state index contributed by atoms with van der Waals surface area (Å²) in [6.07, 6.45) is 0. The topological polar surface area (TPSA) is 107 Å². The molecule has 7 heteroatoms. The van der Waals surface area contributed by atoms with Crippen LogP contribution in [0.2, 0.25) is 0 Å². The van der Waals surface area contributed by atoms with E-state index in [0.717, 1.165) is 0 Å². The number of hydrogen-bond donors (Lipinski definition) is 2. The molecule has 3 aromatic rings. The Morgan fingerprint density at radius 1 is 1.16 bits per heavy atom. The molecule has 0 saturated heterocycles. The van der Waals surface area contributed by atoms with Crippen LogP contribution in [-0.4, -0.2) is 21.6 Å². The molecule has 7 nitrogen and oxygen atoms in total. The summed E-state index contributed by atoms with van der Waals surface area (Å²) in [7, 11) is 0. The molecular formula is C18H16N4O3. The van der Waals surface area contributed by atoms with Gasteiger partial charge in [-0.15, -0.1) is 0 Å². The highest BCUT2D eigenvalue weighted by atomic mass is 16.2. The van der Waals surface area contributed by atoms with Crippen molar-refractivity contribution in [3.63, 3.8) is 0 Å². The average molecular weight is 336 g/mol. The van der Waals surface area contributed by atoms with Crippen LogP contribution in [0, 0.1) is 0 Å². The third-order valence-corrected chi connectivity index (χ3v) is 3.78. The maximum atomic E-state index is 12.6. The van der Waals surface area contributed by atoms with Crippen molar-refractivity contribution >= 4 is 28.4 Å². The van der Waals surface area contributed by atoms with E-state index < -0.39 is 17.2 Å². The van der Waals surface area contributed by atoms with Gasteiger partial charge >= 0.3 is 0 Å². The van der Waals surface area contributed by atoms with Gasteiger partial charge in [0.25, 0.3) is 5.91 Å². The highest BCUT2D eigenvalue weighted by Gasteiger charge is 2.17. The summed E-state index contributed by atoms with van der Waals surface area (Å²) in [5.41, 5.74) is 5.88. The molecule has 3 N–H and O–H groups in total. The molecule has 1 heterocycles. The van der Waals surface area contributed by atoms with Gasteiger partial charge in [-0.25, -0.2) is 0 Å². The lowest BCUT2D eigenvalue weighted by molar-refractivity contribution is 0.0995. The fourth-order valence-electron chi connectivity index (χ4n) is 2.57. The van der Waals surface area contributed by atoms with E-state index in [1.165, 1.54) is 12.1 Å². The van der Waals surface area contributed by atoms with Crippen LogP contribution in [0.1, 0.15) is 27.8 Å². The third-order valence-electron chi connectivity index (χ3n) is 3.78. The van der Waals surface area contributed by atoms with Gasteiger partial charge in [-0.05, 0) is 37.3 Å². The molecule has 0 aliphatic rings. The van der Waals surface area contributed by atoms with Crippen LogP contribution in [0.25, 0.3) is 10.9 Å². The number of para-hydroxylation sites is 1. The second-order valence-corrected chi connectivity index (χ2v) is 5.41. The number of hydrogen-bond acceptors (Lipinski definition) is 4. The molecule has 0 aliphatic carbocycles. The minimum absolute atomic E-state index is 0.204. The number of carbonyl (C=O) groups is 2. The van der Waals surface area contributed by atoms with Gasteiger partial charge in [-0.3, -0.25) is 19.1 Å². The van der Waals surface area contributed by atoms with Crippen LogP contribution >= 0.6 is 0 Å². The first kappa shape index (κ1) is 16.4. The monoisotopic (exact) mass is 336 g/mol. The lowest BCUT2D eigenvalue weighted by Crippen LogP contribution is -2.27. The molecule has 0 spiro atoms. The molecule has 0 saturated carbocycles. The van der Waals surface area contributed by atoms with Crippen LogP contribution in [0.15, 0.2) is 53.3 Å². The van der Waals surface area contributed by atoms with E-state index in [-0.39, 0.29) is 11.3 Å². The van der Waals surface area contributed by atoms with Gasteiger partial charge in [-0.1, -0.05) is 18.2 Å². The minimum Gasteiger partial charge on any atom is -0.366 e. The van der Waals surface area contributed by atoms with Gasteiger partial charge in [0.05, 0.1) is 5.52 Å². The van der Waals surface area contributed by atoms with Crippen LogP contribution in [0.5, 0.6) is 0 Å². The number of amides is 2. The van der Waals surface area contributed by atoms with Crippen LogP contribution in [-0.2, 0) is 6.54 Å². The second kappa shape index (κ2) is 6.56.